The molecule has 2 aliphatic rings. The summed E-state index contributed by atoms with van der Waals surface area (Å²) in [6, 6.07) is 8.65. The fraction of sp³-hybridized carbons (Fsp3) is 0.562. The molecule has 1 atom stereocenters. The van der Waals surface area contributed by atoms with Crippen LogP contribution in [-0.2, 0) is 10.3 Å². The molecular formula is C16H21BrN2OS. The summed E-state index contributed by atoms with van der Waals surface area (Å²) in [6.07, 6.45) is 3.86. The summed E-state index contributed by atoms with van der Waals surface area (Å²) in [7, 11) is 0. The molecule has 1 aromatic rings. The van der Waals surface area contributed by atoms with Gasteiger partial charge in [-0.05, 0) is 37.0 Å². The predicted molar refractivity (Wildman–Crippen MR) is 91.5 cm³/mol. The number of carbonyl (C=O) groups excluding carboxylic acids is 1. The molecule has 114 valence electrons. The van der Waals surface area contributed by atoms with Gasteiger partial charge in [-0.2, -0.15) is 11.8 Å². The molecule has 1 aliphatic heterocycles. The molecule has 0 spiro atoms. The van der Waals surface area contributed by atoms with E-state index in [0.717, 1.165) is 35.4 Å². The molecule has 1 amide bonds. The van der Waals surface area contributed by atoms with Gasteiger partial charge in [0.2, 0.25) is 5.91 Å². The average molecular weight is 369 g/mol. The van der Waals surface area contributed by atoms with Gasteiger partial charge in [-0.1, -0.05) is 28.1 Å². The van der Waals surface area contributed by atoms with Gasteiger partial charge in [-0.15, -0.1) is 0 Å². The molecule has 1 heterocycles. The highest BCUT2D eigenvalue weighted by molar-refractivity contribution is 9.10. The predicted octanol–water partition coefficient (Wildman–Crippen LogP) is 3.04. The van der Waals surface area contributed by atoms with E-state index in [2.05, 4.69) is 38.7 Å². The van der Waals surface area contributed by atoms with Gasteiger partial charge in [0.15, 0.2) is 0 Å². The van der Waals surface area contributed by atoms with Crippen molar-refractivity contribution < 1.29 is 4.79 Å². The first-order valence-electron chi connectivity index (χ1n) is 7.56. The van der Waals surface area contributed by atoms with Crippen molar-refractivity contribution in [2.24, 2.45) is 0 Å². The number of hydrogen-bond donors (Lipinski definition) is 2. The van der Waals surface area contributed by atoms with Crippen LogP contribution in [0.15, 0.2) is 28.7 Å². The summed E-state index contributed by atoms with van der Waals surface area (Å²) in [6.45, 7) is 1.01. The molecule has 3 nitrogen and oxygen atoms in total. The third-order valence-electron chi connectivity index (χ3n) is 4.39. The second-order valence-corrected chi connectivity index (χ2v) is 7.99. The van der Waals surface area contributed by atoms with Gasteiger partial charge in [0.1, 0.15) is 0 Å². The van der Waals surface area contributed by atoms with Gasteiger partial charge >= 0.3 is 0 Å². The summed E-state index contributed by atoms with van der Waals surface area (Å²) < 4.78 is 1.07. The molecule has 0 bridgehead atoms. The smallest absolute Gasteiger partial charge is 0.222 e. The molecule has 1 saturated carbocycles. The van der Waals surface area contributed by atoms with Crippen LogP contribution in [0.4, 0.5) is 0 Å². The second-order valence-electron chi connectivity index (χ2n) is 5.92. The zero-order chi connectivity index (χ0) is 14.7. The molecule has 1 aromatic carbocycles. The highest BCUT2D eigenvalue weighted by atomic mass is 79.9. The van der Waals surface area contributed by atoms with Gasteiger partial charge < -0.3 is 10.6 Å². The molecule has 1 aliphatic carbocycles. The van der Waals surface area contributed by atoms with Gasteiger partial charge in [-0.3, -0.25) is 4.79 Å². The van der Waals surface area contributed by atoms with Crippen molar-refractivity contribution in [2.75, 3.05) is 18.1 Å². The van der Waals surface area contributed by atoms with Crippen molar-refractivity contribution in [3.8, 4) is 0 Å². The summed E-state index contributed by atoms with van der Waals surface area (Å²) in [5.41, 5.74) is 1.09. The van der Waals surface area contributed by atoms with E-state index < -0.39 is 0 Å². The number of amides is 1. The van der Waals surface area contributed by atoms with Crippen LogP contribution in [-0.4, -0.2) is 30.0 Å². The third kappa shape index (κ3) is 3.63. The van der Waals surface area contributed by atoms with Crippen LogP contribution in [0.5, 0.6) is 0 Å². The largest absolute Gasteiger partial charge is 0.347 e. The summed E-state index contributed by atoms with van der Waals surface area (Å²) in [5.74, 6) is 2.37. The maximum absolute atomic E-state index is 12.4. The highest BCUT2D eigenvalue weighted by Gasteiger charge is 2.40. The maximum atomic E-state index is 12.4. The number of halogens is 1. The standard InChI is InChI=1S/C16H21BrN2OS/c17-13-4-1-3-12(9-13)16(5-2-6-16)19-15(20)10-14-11-21-8-7-18-14/h1,3-4,9,14,18H,2,5-8,10-11H2,(H,19,20). The lowest BCUT2D eigenvalue weighted by Crippen LogP contribution is -2.52. The van der Waals surface area contributed by atoms with E-state index in [4.69, 9.17) is 0 Å². The quantitative estimate of drug-likeness (QED) is 0.857. The second kappa shape index (κ2) is 6.71. The van der Waals surface area contributed by atoms with Crippen LogP contribution < -0.4 is 10.6 Å². The fourth-order valence-corrected chi connectivity index (χ4v) is 4.44. The molecule has 0 radical (unpaired) electrons. The molecule has 2 N–H and O–H groups in total. The first kappa shape index (κ1) is 15.4. The minimum absolute atomic E-state index is 0.136. The Morgan fingerprint density at radius 1 is 1.48 bits per heavy atom. The normalized spacial score (nSPS) is 24.1. The van der Waals surface area contributed by atoms with Crippen molar-refractivity contribution >= 4 is 33.6 Å². The van der Waals surface area contributed by atoms with E-state index in [9.17, 15) is 4.79 Å². The molecule has 0 aromatic heterocycles. The fourth-order valence-electron chi connectivity index (χ4n) is 3.09. The van der Waals surface area contributed by atoms with Crippen LogP contribution in [0.3, 0.4) is 0 Å². The first-order valence-corrected chi connectivity index (χ1v) is 9.51. The zero-order valence-electron chi connectivity index (χ0n) is 12.0. The Kier molecular flexibility index (Phi) is 4.92. The Bertz CT molecular complexity index is 513. The zero-order valence-corrected chi connectivity index (χ0v) is 14.4. The minimum atomic E-state index is -0.136. The van der Waals surface area contributed by atoms with Crippen molar-refractivity contribution in [1.82, 2.24) is 10.6 Å². The maximum Gasteiger partial charge on any atom is 0.222 e. The van der Waals surface area contributed by atoms with E-state index in [1.54, 1.807) is 0 Å². The summed E-state index contributed by atoms with van der Waals surface area (Å²) in [4.78, 5) is 12.4. The molecule has 1 unspecified atom stereocenters. The Hall–Kier alpha value is -0.520. The van der Waals surface area contributed by atoms with E-state index in [1.807, 2.05) is 23.9 Å². The monoisotopic (exact) mass is 368 g/mol. The molecule has 5 heteroatoms. The van der Waals surface area contributed by atoms with Crippen LogP contribution in [0.1, 0.15) is 31.2 Å². The van der Waals surface area contributed by atoms with E-state index >= 15 is 0 Å². The van der Waals surface area contributed by atoms with Gasteiger partial charge in [0, 0.05) is 35.0 Å². The highest BCUT2D eigenvalue weighted by Crippen LogP contribution is 2.42. The molecule has 3 rings (SSSR count). The number of thioether (sulfide) groups is 1. The van der Waals surface area contributed by atoms with Crippen LogP contribution in [0.25, 0.3) is 0 Å². The number of carbonyl (C=O) groups is 1. The minimum Gasteiger partial charge on any atom is -0.347 e. The lowest BCUT2D eigenvalue weighted by molar-refractivity contribution is -0.124. The number of benzene rings is 1. The van der Waals surface area contributed by atoms with Crippen LogP contribution in [0, 0.1) is 0 Å². The third-order valence-corrected chi connectivity index (χ3v) is 6.02. The van der Waals surface area contributed by atoms with Gasteiger partial charge in [0.05, 0.1) is 5.54 Å². The van der Waals surface area contributed by atoms with Crippen molar-refractivity contribution in [3.63, 3.8) is 0 Å². The Morgan fingerprint density at radius 3 is 2.95 bits per heavy atom. The van der Waals surface area contributed by atoms with E-state index in [-0.39, 0.29) is 11.4 Å². The number of hydrogen-bond acceptors (Lipinski definition) is 3. The SMILES string of the molecule is O=C(CC1CSCCN1)NC1(c2cccc(Br)c2)CCC1. The Balaban J connectivity index is 1.65. The van der Waals surface area contributed by atoms with Crippen molar-refractivity contribution in [3.05, 3.63) is 34.3 Å². The first-order chi connectivity index (χ1) is 10.2. The van der Waals surface area contributed by atoms with E-state index in [0.29, 0.717) is 12.5 Å². The molecular weight excluding hydrogens is 348 g/mol. The molecule has 21 heavy (non-hydrogen) atoms. The van der Waals surface area contributed by atoms with Crippen LogP contribution in [0.2, 0.25) is 0 Å². The van der Waals surface area contributed by atoms with Gasteiger partial charge in [0.25, 0.3) is 0 Å². The van der Waals surface area contributed by atoms with Gasteiger partial charge in [-0.25, -0.2) is 0 Å². The summed E-state index contributed by atoms with van der Waals surface area (Å²) >= 11 is 5.46. The average Bonchev–Trinajstić information content (AvgIpc) is 2.44. The van der Waals surface area contributed by atoms with Crippen LogP contribution >= 0.6 is 27.7 Å². The summed E-state index contributed by atoms with van der Waals surface area (Å²) in [5, 5.41) is 6.74. The lowest BCUT2D eigenvalue weighted by atomic mass is 9.71. The molecule has 2 fully saturated rings. The Morgan fingerprint density at radius 2 is 2.33 bits per heavy atom. The number of rotatable bonds is 4. The number of nitrogens with one attached hydrogen (secondary N) is 2. The Labute approximate surface area is 138 Å². The topological polar surface area (TPSA) is 41.1 Å². The lowest BCUT2D eigenvalue weighted by Gasteiger charge is -2.43. The van der Waals surface area contributed by atoms with E-state index in [1.165, 1.54) is 12.0 Å². The molecule has 1 saturated heterocycles. The van der Waals surface area contributed by atoms with Crippen molar-refractivity contribution in [1.29, 1.82) is 0 Å². The van der Waals surface area contributed by atoms with Crippen molar-refractivity contribution in [2.45, 2.75) is 37.3 Å².